The van der Waals surface area contributed by atoms with Crippen molar-refractivity contribution in [3.8, 4) is 0 Å². The fraction of sp³-hybridized carbons (Fsp3) is 0.417. The number of H-pyrrole nitrogens is 1. The number of pyridine rings is 1. The average molecular weight is 221 g/mol. The molecule has 0 bridgehead atoms. The Morgan fingerprint density at radius 1 is 1.20 bits per heavy atom. The number of nitrogens with zero attached hydrogens (tertiary/aromatic N) is 1. The van der Waals surface area contributed by atoms with Crippen LogP contribution in [0.2, 0.25) is 5.15 Å². The van der Waals surface area contributed by atoms with Crippen molar-refractivity contribution in [2.75, 3.05) is 0 Å². The lowest BCUT2D eigenvalue weighted by Crippen LogP contribution is -1.86. The molecule has 0 aliphatic heterocycles. The van der Waals surface area contributed by atoms with Gasteiger partial charge in [-0.2, -0.15) is 0 Å². The topological polar surface area (TPSA) is 28.7 Å². The first-order valence-corrected chi connectivity index (χ1v) is 5.88. The Bertz CT molecular complexity index is 502. The number of fused-ring (bicyclic) bond motifs is 3. The van der Waals surface area contributed by atoms with Gasteiger partial charge in [0.1, 0.15) is 0 Å². The van der Waals surface area contributed by atoms with E-state index in [9.17, 15) is 0 Å². The lowest BCUT2D eigenvalue weighted by atomic mass is 10.1. The van der Waals surface area contributed by atoms with Crippen LogP contribution >= 0.6 is 11.6 Å². The van der Waals surface area contributed by atoms with E-state index in [0.717, 1.165) is 11.9 Å². The Balaban J connectivity index is 2.28. The number of hydrogen-bond donors (Lipinski definition) is 1. The van der Waals surface area contributed by atoms with Gasteiger partial charge in [0.25, 0.3) is 0 Å². The molecular weight excluding hydrogens is 208 g/mol. The molecule has 2 heterocycles. The first-order valence-electron chi connectivity index (χ1n) is 5.50. The summed E-state index contributed by atoms with van der Waals surface area (Å²) in [6, 6.07) is 2.07. The van der Waals surface area contributed by atoms with Gasteiger partial charge >= 0.3 is 0 Å². The normalized spacial score (nSPS) is 16.3. The van der Waals surface area contributed by atoms with Crippen molar-refractivity contribution >= 4 is 22.5 Å². The Morgan fingerprint density at radius 2 is 2.07 bits per heavy atom. The fourth-order valence-corrected chi connectivity index (χ4v) is 2.68. The zero-order chi connectivity index (χ0) is 10.3. The third-order valence-corrected chi connectivity index (χ3v) is 3.51. The van der Waals surface area contributed by atoms with Gasteiger partial charge in [0, 0.05) is 17.3 Å². The molecule has 0 spiro atoms. The third-order valence-electron chi connectivity index (χ3n) is 3.22. The van der Waals surface area contributed by atoms with Crippen LogP contribution in [0.5, 0.6) is 0 Å². The summed E-state index contributed by atoms with van der Waals surface area (Å²) >= 11 is 6.08. The first-order chi connectivity index (χ1) is 7.36. The van der Waals surface area contributed by atoms with Crippen LogP contribution in [0.3, 0.4) is 0 Å². The second-order valence-electron chi connectivity index (χ2n) is 4.17. The summed E-state index contributed by atoms with van der Waals surface area (Å²) in [4.78, 5) is 7.54. The highest BCUT2D eigenvalue weighted by Gasteiger charge is 2.15. The zero-order valence-electron chi connectivity index (χ0n) is 8.52. The Kier molecular flexibility index (Phi) is 2.17. The molecule has 0 atom stereocenters. The smallest absolute Gasteiger partial charge is 0.153 e. The number of nitrogens with one attached hydrogen (secondary N) is 1. The number of aromatic amines is 1. The molecule has 1 aliphatic carbocycles. The van der Waals surface area contributed by atoms with Gasteiger partial charge in [-0.05, 0) is 37.3 Å². The SMILES string of the molecule is Clc1nccc2c3c([nH]c12)CCCCC3. The van der Waals surface area contributed by atoms with Gasteiger partial charge in [0.2, 0.25) is 0 Å². The van der Waals surface area contributed by atoms with Gasteiger partial charge in [-0.1, -0.05) is 18.0 Å². The van der Waals surface area contributed by atoms with Crippen LogP contribution in [0.4, 0.5) is 0 Å². The minimum atomic E-state index is 0.598. The van der Waals surface area contributed by atoms with Crippen LogP contribution in [-0.4, -0.2) is 9.97 Å². The van der Waals surface area contributed by atoms with Crippen LogP contribution in [-0.2, 0) is 12.8 Å². The summed E-state index contributed by atoms with van der Waals surface area (Å²) in [5, 5.41) is 1.87. The average Bonchev–Trinajstić information content (AvgIpc) is 2.45. The van der Waals surface area contributed by atoms with Crippen LogP contribution in [0.15, 0.2) is 12.3 Å². The Hall–Kier alpha value is -1.02. The molecule has 1 aliphatic rings. The molecule has 2 aromatic heterocycles. The van der Waals surface area contributed by atoms with Crippen LogP contribution in [0, 0.1) is 0 Å². The van der Waals surface area contributed by atoms with E-state index in [4.69, 9.17) is 11.6 Å². The monoisotopic (exact) mass is 220 g/mol. The van der Waals surface area contributed by atoms with Crippen LogP contribution in [0.1, 0.15) is 30.5 Å². The van der Waals surface area contributed by atoms with E-state index < -0.39 is 0 Å². The van der Waals surface area contributed by atoms with Gasteiger partial charge in [-0.3, -0.25) is 0 Å². The predicted octanol–water partition coefficient (Wildman–Crippen LogP) is 3.49. The minimum Gasteiger partial charge on any atom is -0.356 e. The summed E-state index contributed by atoms with van der Waals surface area (Å²) in [5.41, 5.74) is 3.86. The van der Waals surface area contributed by atoms with E-state index in [-0.39, 0.29) is 0 Å². The van der Waals surface area contributed by atoms with Gasteiger partial charge in [0.05, 0.1) is 5.52 Å². The molecule has 3 rings (SSSR count). The van der Waals surface area contributed by atoms with E-state index in [1.165, 1.54) is 42.3 Å². The van der Waals surface area contributed by atoms with Gasteiger partial charge < -0.3 is 4.98 Å². The fourth-order valence-electron chi connectivity index (χ4n) is 2.47. The molecule has 0 radical (unpaired) electrons. The third kappa shape index (κ3) is 1.44. The van der Waals surface area contributed by atoms with Gasteiger partial charge in [0.15, 0.2) is 5.15 Å². The molecule has 0 amide bonds. The van der Waals surface area contributed by atoms with E-state index in [2.05, 4.69) is 16.0 Å². The van der Waals surface area contributed by atoms with Crippen molar-refractivity contribution in [3.63, 3.8) is 0 Å². The van der Waals surface area contributed by atoms with Gasteiger partial charge in [-0.25, -0.2) is 4.98 Å². The van der Waals surface area contributed by atoms with Crippen molar-refractivity contribution < 1.29 is 0 Å². The van der Waals surface area contributed by atoms with Crippen LogP contribution < -0.4 is 0 Å². The minimum absolute atomic E-state index is 0.598. The van der Waals surface area contributed by atoms with E-state index in [1.807, 2.05) is 0 Å². The summed E-state index contributed by atoms with van der Waals surface area (Å²) in [5.74, 6) is 0. The van der Waals surface area contributed by atoms with Gasteiger partial charge in [-0.15, -0.1) is 0 Å². The summed E-state index contributed by atoms with van der Waals surface area (Å²) in [6.07, 6.45) is 8.04. The Morgan fingerprint density at radius 3 is 3.00 bits per heavy atom. The molecule has 0 saturated carbocycles. The molecule has 0 aromatic carbocycles. The highest BCUT2D eigenvalue weighted by Crippen LogP contribution is 2.30. The number of aryl methyl sites for hydroxylation is 2. The molecule has 2 aromatic rings. The molecule has 2 nitrogen and oxygen atoms in total. The molecule has 0 fully saturated rings. The molecular formula is C12H13ClN2. The highest BCUT2D eigenvalue weighted by atomic mass is 35.5. The van der Waals surface area contributed by atoms with Crippen LogP contribution in [0.25, 0.3) is 10.9 Å². The molecule has 1 N–H and O–H groups in total. The maximum Gasteiger partial charge on any atom is 0.153 e. The molecule has 0 saturated heterocycles. The second-order valence-corrected chi connectivity index (χ2v) is 4.53. The largest absolute Gasteiger partial charge is 0.356 e. The van der Waals surface area contributed by atoms with Crippen molar-refractivity contribution in [2.45, 2.75) is 32.1 Å². The Labute approximate surface area is 93.7 Å². The first kappa shape index (κ1) is 9.22. The standard InChI is InChI=1S/C12H13ClN2/c13-12-11-9(6-7-14-12)8-4-2-1-3-5-10(8)15-11/h6-7,15H,1-5H2. The van der Waals surface area contributed by atoms with Crippen molar-refractivity contribution in [1.29, 1.82) is 0 Å². The van der Waals surface area contributed by atoms with Crippen molar-refractivity contribution in [3.05, 3.63) is 28.7 Å². The summed E-state index contributed by atoms with van der Waals surface area (Å²) in [7, 11) is 0. The number of rotatable bonds is 0. The summed E-state index contributed by atoms with van der Waals surface area (Å²) in [6.45, 7) is 0. The zero-order valence-corrected chi connectivity index (χ0v) is 9.27. The quantitative estimate of drug-likeness (QED) is 0.535. The highest BCUT2D eigenvalue weighted by molar-refractivity contribution is 6.33. The lowest BCUT2D eigenvalue weighted by Gasteiger charge is -1.97. The van der Waals surface area contributed by atoms with E-state index in [0.29, 0.717) is 5.15 Å². The molecule has 78 valence electrons. The second kappa shape index (κ2) is 3.53. The van der Waals surface area contributed by atoms with Crippen molar-refractivity contribution in [1.82, 2.24) is 9.97 Å². The number of halogens is 1. The molecule has 3 heteroatoms. The maximum absolute atomic E-state index is 6.08. The molecule has 0 unspecified atom stereocenters. The molecule has 15 heavy (non-hydrogen) atoms. The number of aromatic nitrogens is 2. The maximum atomic E-state index is 6.08. The predicted molar refractivity (Wildman–Crippen MR) is 62.4 cm³/mol. The summed E-state index contributed by atoms with van der Waals surface area (Å²) < 4.78 is 0. The number of hydrogen-bond acceptors (Lipinski definition) is 1. The van der Waals surface area contributed by atoms with E-state index in [1.54, 1.807) is 6.20 Å². The van der Waals surface area contributed by atoms with E-state index >= 15 is 0 Å². The lowest BCUT2D eigenvalue weighted by molar-refractivity contribution is 0.708. The van der Waals surface area contributed by atoms with Crippen molar-refractivity contribution in [2.24, 2.45) is 0 Å².